The van der Waals surface area contributed by atoms with E-state index in [-0.39, 0.29) is 0 Å². The number of aryl methyl sites for hydroxylation is 1. The van der Waals surface area contributed by atoms with E-state index in [1.807, 2.05) is 39.2 Å². The summed E-state index contributed by atoms with van der Waals surface area (Å²) < 4.78 is 0. The molecule has 122 valence electrons. The van der Waals surface area contributed by atoms with Gasteiger partial charge in [-0.05, 0) is 44.0 Å². The number of rotatable bonds is 5. The first kappa shape index (κ1) is 15.6. The number of hydrogen-bond donors (Lipinski definition) is 2. The molecule has 1 fully saturated rings. The van der Waals surface area contributed by atoms with E-state index >= 15 is 0 Å². The molecule has 1 aromatic heterocycles. The van der Waals surface area contributed by atoms with Gasteiger partial charge in [-0.3, -0.25) is 0 Å². The molecule has 0 atom stereocenters. The number of nitrogens with one attached hydrogen (secondary N) is 2. The van der Waals surface area contributed by atoms with Crippen molar-refractivity contribution in [3.8, 4) is 0 Å². The van der Waals surface area contributed by atoms with Crippen molar-refractivity contribution in [2.75, 3.05) is 29.6 Å². The molecular formula is C18H25N5. The first-order chi connectivity index (χ1) is 11.1. The lowest BCUT2D eigenvalue weighted by molar-refractivity contribution is 0.749. The van der Waals surface area contributed by atoms with E-state index in [0.717, 1.165) is 17.2 Å². The Morgan fingerprint density at radius 3 is 2.39 bits per heavy atom. The molecule has 0 amide bonds. The molecule has 1 saturated carbocycles. The van der Waals surface area contributed by atoms with Gasteiger partial charge < -0.3 is 15.5 Å². The molecule has 1 aliphatic rings. The van der Waals surface area contributed by atoms with Gasteiger partial charge in [-0.1, -0.05) is 12.8 Å². The van der Waals surface area contributed by atoms with Crippen LogP contribution in [0.1, 0.15) is 31.4 Å². The summed E-state index contributed by atoms with van der Waals surface area (Å²) in [6.07, 6.45) is 5.09. The molecule has 0 spiro atoms. The van der Waals surface area contributed by atoms with Crippen LogP contribution in [0.2, 0.25) is 0 Å². The van der Waals surface area contributed by atoms with Crippen molar-refractivity contribution >= 4 is 23.1 Å². The van der Waals surface area contributed by atoms with Gasteiger partial charge in [0.2, 0.25) is 5.95 Å². The Kier molecular flexibility index (Phi) is 4.65. The molecule has 0 radical (unpaired) electrons. The predicted octanol–water partition coefficient (Wildman–Crippen LogP) is 3.95. The van der Waals surface area contributed by atoms with Crippen LogP contribution in [0, 0.1) is 6.92 Å². The number of anilines is 4. The lowest BCUT2D eigenvalue weighted by Gasteiger charge is -2.15. The third-order valence-electron chi connectivity index (χ3n) is 4.20. The SMILES string of the molecule is Cc1cc(NC2CCCC2)nc(Nc2ccc(N(C)C)cc2)n1. The molecule has 0 bridgehead atoms. The zero-order chi connectivity index (χ0) is 16.2. The topological polar surface area (TPSA) is 53.1 Å². The molecule has 3 rings (SSSR count). The monoisotopic (exact) mass is 311 g/mol. The molecule has 5 heteroatoms. The lowest BCUT2D eigenvalue weighted by Crippen LogP contribution is -2.16. The normalized spacial score (nSPS) is 14.7. The minimum atomic E-state index is 0.552. The van der Waals surface area contributed by atoms with Crippen molar-refractivity contribution in [3.63, 3.8) is 0 Å². The second-order valence-corrected chi connectivity index (χ2v) is 6.41. The third-order valence-corrected chi connectivity index (χ3v) is 4.20. The maximum Gasteiger partial charge on any atom is 0.229 e. The fraction of sp³-hybridized carbons (Fsp3) is 0.444. The Hall–Kier alpha value is -2.30. The highest BCUT2D eigenvalue weighted by Crippen LogP contribution is 2.23. The molecule has 0 saturated heterocycles. The van der Waals surface area contributed by atoms with Gasteiger partial charge in [0.05, 0.1) is 0 Å². The van der Waals surface area contributed by atoms with Crippen LogP contribution in [-0.2, 0) is 0 Å². The largest absolute Gasteiger partial charge is 0.378 e. The number of benzene rings is 1. The molecule has 1 aliphatic carbocycles. The summed E-state index contributed by atoms with van der Waals surface area (Å²) in [5, 5.41) is 6.83. The van der Waals surface area contributed by atoms with Crippen molar-refractivity contribution in [1.82, 2.24) is 9.97 Å². The van der Waals surface area contributed by atoms with Gasteiger partial charge in [0.25, 0.3) is 0 Å². The second-order valence-electron chi connectivity index (χ2n) is 6.41. The van der Waals surface area contributed by atoms with Crippen molar-refractivity contribution in [2.24, 2.45) is 0 Å². The van der Waals surface area contributed by atoms with Crippen LogP contribution >= 0.6 is 0 Å². The summed E-state index contributed by atoms with van der Waals surface area (Å²) in [5.74, 6) is 1.56. The first-order valence-corrected chi connectivity index (χ1v) is 8.27. The first-order valence-electron chi connectivity index (χ1n) is 8.27. The summed E-state index contributed by atoms with van der Waals surface area (Å²) in [4.78, 5) is 11.2. The smallest absolute Gasteiger partial charge is 0.229 e. The standard InChI is InChI=1S/C18H25N5/c1-13-12-17(20-14-6-4-5-7-14)22-18(19-13)21-15-8-10-16(11-9-15)23(2)3/h8-12,14H,4-7H2,1-3H3,(H2,19,20,21,22). The molecular weight excluding hydrogens is 286 g/mol. The van der Waals surface area contributed by atoms with Crippen molar-refractivity contribution in [2.45, 2.75) is 38.6 Å². The van der Waals surface area contributed by atoms with Crippen LogP contribution in [0.15, 0.2) is 30.3 Å². The molecule has 23 heavy (non-hydrogen) atoms. The van der Waals surface area contributed by atoms with E-state index in [4.69, 9.17) is 0 Å². The Bertz CT molecular complexity index is 645. The lowest BCUT2D eigenvalue weighted by atomic mass is 10.2. The van der Waals surface area contributed by atoms with Crippen LogP contribution in [0.4, 0.5) is 23.1 Å². The maximum absolute atomic E-state index is 4.61. The number of nitrogens with zero attached hydrogens (tertiary/aromatic N) is 3. The fourth-order valence-electron chi connectivity index (χ4n) is 2.95. The van der Waals surface area contributed by atoms with E-state index in [0.29, 0.717) is 12.0 Å². The van der Waals surface area contributed by atoms with E-state index in [1.54, 1.807) is 0 Å². The van der Waals surface area contributed by atoms with Gasteiger partial charge in [0, 0.05) is 43.3 Å². The van der Waals surface area contributed by atoms with Gasteiger partial charge in [-0.2, -0.15) is 4.98 Å². The second kappa shape index (κ2) is 6.86. The zero-order valence-electron chi connectivity index (χ0n) is 14.1. The van der Waals surface area contributed by atoms with E-state index < -0.39 is 0 Å². The summed E-state index contributed by atoms with van der Waals surface area (Å²) in [6, 6.07) is 10.8. The van der Waals surface area contributed by atoms with Gasteiger partial charge in [0.1, 0.15) is 5.82 Å². The Morgan fingerprint density at radius 1 is 1.04 bits per heavy atom. The van der Waals surface area contributed by atoms with E-state index in [9.17, 15) is 0 Å². The van der Waals surface area contributed by atoms with Gasteiger partial charge >= 0.3 is 0 Å². The molecule has 0 unspecified atom stereocenters. The summed E-state index contributed by atoms with van der Waals surface area (Å²) in [5.41, 5.74) is 3.13. The Balaban J connectivity index is 1.72. The van der Waals surface area contributed by atoms with Crippen LogP contribution in [0.3, 0.4) is 0 Å². The third kappa shape index (κ3) is 4.12. The minimum Gasteiger partial charge on any atom is -0.378 e. The average molecular weight is 311 g/mol. The van der Waals surface area contributed by atoms with Crippen molar-refractivity contribution < 1.29 is 0 Å². The van der Waals surface area contributed by atoms with Crippen LogP contribution in [0.5, 0.6) is 0 Å². The van der Waals surface area contributed by atoms with Crippen molar-refractivity contribution in [3.05, 3.63) is 36.0 Å². The summed E-state index contributed by atoms with van der Waals surface area (Å²) >= 11 is 0. The van der Waals surface area contributed by atoms with Gasteiger partial charge in [0.15, 0.2) is 0 Å². The van der Waals surface area contributed by atoms with E-state index in [1.165, 1.54) is 31.4 Å². The molecule has 1 aromatic carbocycles. The highest BCUT2D eigenvalue weighted by atomic mass is 15.2. The molecule has 0 aliphatic heterocycles. The zero-order valence-corrected chi connectivity index (χ0v) is 14.1. The van der Waals surface area contributed by atoms with Crippen LogP contribution in [0.25, 0.3) is 0 Å². The average Bonchev–Trinajstić information content (AvgIpc) is 3.00. The Morgan fingerprint density at radius 2 is 1.74 bits per heavy atom. The fourth-order valence-corrected chi connectivity index (χ4v) is 2.95. The minimum absolute atomic E-state index is 0.552. The quantitative estimate of drug-likeness (QED) is 0.875. The van der Waals surface area contributed by atoms with E-state index in [2.05, 4.69) is 37.6 Å². The Labute approximate surface area is 138 Å². The molecule has 5 nitrogen and oxygen atoms in total. The summed E-state index contributed by atoms with van der Waals surface area (Å²) in [7, 11) is 4.07. The highest BCUT2D eigenvalue weighted by molar-refractivity contribution is 5.59. The molecule has 1 heterocycles. The van der Waals surface area contributed by atoms with Gasteiger partial charge in [-0.25, -0.2) is 4.98 Å². The molecule has 2 aromatic rings. The van der Waals surface area contributed by atoms with Crippen LogP contribution in [-0.4, -0.2) is 30.1 Å². The number of hydrogen-bond acceptors (Lipinski definition) is 5. The van der Waals surface area contributed by atoms with Crippen LogP contribution < -0.4 is 15.5 Å². The molecule has 2 N–H and O–H groups in total. The number of aromatic nitrogens is 2. The predicted molar refractivity (Wildman–Crippen MR) is 96.7 cm³/mol. The highest BCUT2D eigenvalue weighted by Gasteiger charge is 2.15. The maximum atomic E-state index is 4.61. The van der Waals surface area contributed by atoms with Crippen molar-refractivity contribution in [1.29, 1.82) is 0 Å². The summed E-state index contributed by atoms with van der Waals surface area (Å²) in [6.45, 7) is 2.00. The van der Waals surface area contributed by atoms with Gasteiger partial charge in [-0.15, -0.1) is 0 Å².